The molecule has 0 aliphatic carbocycles. The molecule has 0 unspecified atom stereocenters. The van der Waals surface area contributed by atoms with E-state index in [0.717, 1.165) is 4.68 Å². The quantitative estimate of drug-likeness (QED) is 0.489. The minimum atomic E-state index is -0.669. The lowest BCUT2D eigenvalue weighted by atomic mass is 10.1. The van der Waals surface area contributed by atoms with Gasteiger partial charge in [-0.1, -0.05) is 17.7 Å². The standard InChI is InChI=1S/C21H18ClFN4O4/c1-3-26-17(10-28)25-27(21(26)30)16-8-7-12(19-13(16)9-11(2)31-19)20(29)24-18-14(22)5-4-6-15(18)23/h4-9,28H,3,10H2,1-2H3,(H,24,29). The van der Waals surface area contributed by atoms with E-state index in [4.69, 9.17) is 16.0 Å². The van der Waals surface area contributed by atoms with Crippen molar-refractivity contribution in [3.05, 3.63) is 74.9 Å². The summed E-state index contributed by atoms with van der Waals surface area (Å²) in [6.07, 6.45) is 0. The Hall–Kier alpha value is -3.43. The molecule has 0 aliphatic rings. The van der Waals surface area contributed by atoms with Gasteiger partial charge in [0.1, 0.15) is 23.8 Å². The van der Waals surface area contributed by atoms with Crippen LogP contribution >= 0.6 is 11.6 Å². The van der Waals surface area contributed by atoms with E-state index >= 15 is 0 Å². The van der Waals surface area contributed by atoms with Crippen LogP contribution in [0.5, 0.6) is 0 Å². The summed E-state index contributed by atoms with van der Waals surface area (Å²) in [6, 6.07) is 8.76. The Morgan fingerprint density at radius 2 is 2.10 bits per heavy atom. The Labute approximate surface area is 180 Å². The van der Waals surface area contributed by atoms with Gasteiger partial charge in [-0.25, -0.2) is 9.18 Å². The molecular formula is C21H18ClFN4O4. The van der Waals surface area contributed by atoms with E-state index in [1.807, 2.05) is 0 Å². The van der Waals surface area contributed by atoms with Gasteiger partial charge in [-0.3, -0.25) is 9.36 Å². The molecule has 0 saturated heterocycles. The van der Waals surface area contributed by atoms with Crippen LogP contribution in [0.2, 0.25) is 5.02 Å². The fraction of sp³-hybridized carbons (Fsp3) is 0.190. The molecule has 4 rings (SSSR count). The third-order valence-corrected chi connectivity index (χ3v) is 5.17. The van der Waals surface area contributed by atoms with E-state index in [0.29, 0.717) is 23.4 Å². The summed E-state index contributed by atoms with van der Waals surface area (Å²) in [6.45, 7) is 3.41. The van der Waals surface area contributed by atoms with E-state index in [1.165, 1.54) is 28.8 Å². The fourth-order valence-corrected chi connectivity index (χ4v) is 3.63. The molecule has 8 nitrogen and oxygen atoms in total. The molecule has 160 valence electrons. The van der Waals surface area contributed by atoms with Gasteiger partial charge >= 0.3 is 5.69 Å². The topological polar surface area (TPSA) is 102 Å². The summed E-state index contributed by atoms with van der Waals surface area (Å²) in [5.41, 5.74) is 0.168. The van der Waals surface area contributed by atoms with Gasteiger partial charge in [-0.05, 0) is 44.2 Å². The maximum absolute atomic E-state index is 14.1. The highest BCUT2D eigenvalue weighted by atomic mass is 35.5. The lowest BCUT2D eigenvalue weighted by molar-refractivity contribution is 0.102. The number of amides is 1. The first-order valence-electron chi connectivity index (χ1n) is 9.44. The van der Waals surface area contributed by atoms with Crippen LogP contribution in [0.15, 0.2) is 45.6 Å². The second-order valence-corrected chi connectivity index (χ2v) is 7.20. The predicted molar refractivity (Wildman–Crippen MR) is 113 cm³/mol. The highest BCUT2D eigenvalue weighted by Gasteiger charge is 2.22. The molecule has 2 N–H and O–H groups in total. The maximum Gasteiger partial charge on any atom is 0.350 e. The number of hydrogen-bond acceptors (Lipinski definition) is 5. The zero-order valence-electron chi connectivity index (χ0n) is 16.6. The zero-order chi connectivity index (χ0) is 22.3. The second kappa shape index (κ2) is 8.01. The molecule has 2 heterocycles. The molecule has 0 radical (unpaired) electrons. The average molecular weight is 445 g/mol. The van der Waals surface area contributed by atoms with Crippen LogP contribution in [-0.2, 0) is 13.2 Å². The first-order valence-corrected chi connectivity index (χ1v) is 9.82. The minimum absolute atomic E-state index is 0.0602. The number of benzene rings is 2. The molecule has 31 heavy (non-hydrogen) atoms. The number of hydrogen-bond donors (Lipinski definition) is 2. The van der Waals surface area contributed by atoms with Crippen molar-refractivity contribution >= 4 is 34.2 Å². The molecule has 4 aromatic rings. The number of nitrogens with zero attached hydrogens (tertiary/aromatic N) is 3. The van der Waals surface area contributed by atoms with Crippen LogP contribution < -0.4 is 11.0 Å². The first-order chi connectivity index (χ1) is 14.8. The largest absolute Gasteiger partial charge is 0.460 e. The second-order valence-electron chi connectivity index (χ2n) is 6.80. The van der Waals surface area contributed by atoms with Crippen LogP contribution in [0.25, 0.3) is 16.7 Å². The Kier molecular flexibility index (Phi) is 5.38. The Bertz CT molecular complexity index is 1350. The van der Waals surface area contributed by atoms with Crippen molar-refractivity contribution in [2.24, 2.45) is 0 Å². The predicted octanol–water partition coefficient (Wildman–Crippen LogP) is 3.65. The van der Waals surface area contributed by atoms with Gasteiger partial charge in [0.2, 0.25) is 0 Å². The number of carbonyl (C=O) groups is 1. The molecule has 0 fully saturated rings. The molecular weight excluding hydrogens is 427 g/mol. The third-order valence-electron chi connectivity index (χ3n) is 4.85. The summed E-state index contributed by atoms with van der Waals surface area (Å²) in [5, 5.41) is 16.7. The average Bonchev–Trinajstić information content (AvgIpc) is 3.28. The lowest BCUT2D eigenvalue weighted by Crippen LogP contribution is -2.24. The summed E-state index contributed by atoms with van der Waals surface area (Å²) >= 11 is 6.00. The van der Waals surface area contributed by atoms with Crippen molar-refractivity contribution in [2.75, 3.05) is 5.32 Å². The number of aliphatic hydroxyl groups excluding tert-OH is 1. The van der Waals surface area contributed by atoms with E-state index < -0.39 is 24.0 Å². The van der Waals surface area contributed by atoms with Crippen LogP contribution in [0.4, 0.5) is 10.1 Å². The van der Waals surface area contributed by atoms with Crippen molar-refractivity contribution in [1.29, 1.82) is 0 Å². The van der Waals surface area contributed by atoms with Gasteiger partial charge in [0.25, 0.3) is 5.91 Å². The monoisotopic (exact) mass is 444 g/mol. The normalized spacial score (nSPS) is 11.3. The van der Waals surface area contributed by atoms with Crippen LogP contribution in [0, 0.1) is 12.7 Å². The van der Waals surface area contributed by atoms with Crippen LogP contribution in [0.3, 0.4) is 0 Å². The summed E-state index contributed by atoms with van der Waals surface area (Å²) < 4.78 is 22.3. The van der Waals surface area contributed by atoms with Crippen molar-refractivity contribution in [3.8, 4) is 5.69 Å². The number of aliphatic hydroxyl groups is 1. The number of fused-ring (bicyclic) bond motifs is 1. The van der Waals surface area contributed by atoms with Crippen LogP contribution in [0.1, 0.15) is 28.9 Å². The number of anilines is 1. The maximum atomic E-state index is 14.1. The number of carbonyl (C=O) groups excluding carboxylic acids is 1. The summed E-state index contributed by atoms with van der Waals surface area (Å²) in [7, 11) is 0. The van der Waals surface area contributed by atoms with E-state index in [9.17, 15) is 19.1 Å². The molecule has 0 saturated carbocycles. The highest BCUT2D eigenvalue weighted by molar-refractivity contribution is 6.34. The number of para-hydroxylation sites is 1. The van der Waals surface area contributed by atoms with Crippen LogP contribution in [-0.4, -0.2) is 25.4 Å². The summed E-state index contributed by atoms with van der Waals surface area (Å²) in [4.78, 5) is 25.6. The lowest BCUT2D eigenvalue weighted by Gasteiger charge is -2.10. The summed E-state index contributed by atoms with van der Waals surface area (Å²) in [5.74, 6) is -0.569. The Balaban J connectivity index is 1.84. The van der Waals surface area contributed by atoms with E-state index in [-0.39, 0.29) is 27.7 Å². The SMILES string of the molecule is CCn1c(CO)nn(-c2ccc(C(=O)Nc3c(F)cccc3Cl)c3oc(C)cc23)c1=O. The number of aryl methyl sites for hydroxylation is 1. The zero-order valence-corrected chi connectivity index (χ0v) is 17.4. The number of furan rings is 1. The number of aromatic nitrogens is 3. The number of halogens is 2. The van der Waals surface area contributed by atoms with Gasteiger partial charge in [-0.2, -0.15) is 4.68 Å². The molecule has 1 amide bonds. The van der Waals surface area contributed by atoms with Crippen molar-refractivity contribution in [1.82, 2.24) is 14.3 Å². The number of nitrogens with one attached hydrogen (secondary N) is 1. The first kappa shape index (κ1) is 20.8. The van der Waals surface area contributed by atoms with Crippen molar-refractivity contribution in [2.45, 2.75) is 27.0 Å². The molecule has 0 atom stereocenters. The Morgan fingerprint density at radius 1 is 1.32 bits per heavy atom. The number of rotatable bonds is 5. The molecule has 0 aliphatic heterocycles. The molecule has 2 aromatic carbocycles. The van der Waals surface area contributed by atoms with Gasteiger partial charge in [0.15, 0.2) is 5.82 Å². The molecule has 2 aromatic heterocycles. The van der Waals surface area contributed by atoms with Crippen molar-refractivity contribution in [3.63, 3.8) is 0 Å². The van der Waals surface area contributed by atoms with Gasteiger partial charge in [0, 0.05) is 11.9 Å². The smallest absolute Gasteiger partial charge is 0.350 e. The third kappa shape index (κ3) is 3.51. The van der Waals surface area contributed by atoms with Gasteiger partial charge < -0.3 is 14.8 Å². The van der Waals surface area contributed by atoms with Gasteiger partial charge in [0.05, 0.1) is 22.0 Å². The molecule has 0 bridgehead atoms. The van der Waals surface area contributed by atoms with E-state index in [1.54, 1.807) is 26.0 Å². The highest BCUT2D eigenvalue weighted by Crippen LogP contribution is 2.30. The Morgan fingerprint density at radius 3 is 2.74 bits per heavy atom. The minimum Gasteiger partial charge on any atom is -0.460 e. The van der Waals surface area contributed by atoms with Crippen molar-refractivity contribution < 1.29 is 18.7 Å². The molecule has 0 spiro atoms. The van der Waals surface area contributed by atoms with E-state index in [2.05, 4.69) is 10.4 Å². The molecule has 10 heteroatoms. The fourth-order valence-electron chi connectivity index (χ4n) is 3.42. The van der Waals surface area contributed by atoms with Gasteiger partial charge in [-0.15, -0.1) is 5.10 Å².